The normalized spacial score (nSPS) is 30.4. The van der Waals surface area contributed by atoms with Crippen LogP contribution in [0.2, 0.25) is 0 Å². The van der Waals surface area contributed by atoms with Gasteiger partial charge in [-0.05, 0) is 38.5 Å². The van der Waals surface area contributed by atoms with E-state index in [0.717, 1.165) is 19.4 Å². The highest BCUT2D eigenvalue weighted by atomic mass is 16.2. The molecular formula is C16H26N2O2. The average Bonchev–Trinajstić information content (AvgIpc) is 2.93. The number of amides is 2. The van der Waals surface area contributed by atoms with E-state index in [1.807, 2.05) is 9.80 Å². The lowest BCUT2D eigenvalue weighted by Crippen LogP contribution is -2.49. The largest absolute Gasteiger partial charge is 0.337 e. The monoisotopic (exact) mass is 278 g/mol. The third kappa shape index (κ3) is 2.45. The number of carbonyl (C=O) groups is 2. The molecule has 0 N–H and O–H groups in total. The third-order valence-corrected chi connectivity index (χ3v) is 5.53. The van der Waals surface area contributed by atoms with Crippen LogP contribution in [0.25, 0.3) is 0 Å². The van der Waals surface area contributed by atoms with E-state index in [0.29, 0.717) is 24.9 Å². The molecule has 4 nitrogen and oxygen atoms in total. The summed E-state index contributed by atoms with van der Waals surface area (Å²) in [7, 11) is 0. The van der Waals surface area contributed by atoms with Crippen molar-refractivity contribution in [3.8, 4) is 0 Å². The van der Waals surface area contributed by atoms with Gasteiger partial charge in [-0.3, -0.25) is 9.59 Å². The SMILES string of the molecule is CC(C1CCCCC1)N1CCC(=O)N2CCCC2C1=O. The second-order valence-electron chi connectivity index (χ2n) is 6.67. The lowest BCUT2D eigenvalue weighted by molar-refractivity contribution is -0.141. The van der Waals surface area contributed by atoms with E-state index in [-0.39, 0.29) is 17.9 Å². The number of hydrogen-bond donors (Lipinski definition) is 0. The van der Waals surface area contributed by atoms with E-state index in [1.165, 1.54) is 32.1 Å². The van der Waals surface area contributed by atoms with Gasteiger partial charge in [0.15, 0.2) is 0 Å². The summed E-state index contributed by atoms with van der Waals surface area (Å²) in [5.41, 5.74) is 0. The first kappa shape index (κ1) is 13.9. The van der Waals surface area contributed by atoms with E-state index in [2.05, 4.69) is 6.92 Å². The Morgan fingerprint density at radius 3 is 2.50 bits per heavy atom. The maximum absolute atomic E-state index is 12.8. The van der Waals surface area contributed by atoms with Gasteiger partial charge in [0.05, 0.1) is 0 Å². The smallest absolute Gasteiger partial charge is 0.245 e. The molecule has 2 amide bonds. The molecule has 2 saturated heterocycles. The highest BCUT2D eigenvalue weighted by Crippen LogP contribution is 2.31. The molecule has 0 radical (unpaired) electrons. The van der Waals surface area contributed by atoms with Gasteiger partial charge >= 0.3 is 0 Å². The Bertz CT molecular complexity index is 390. The summed E-state index contributed by atoms with van der Waals surface area (Å²) < 4.78 is 0. The van der Waals surface area contributed by atoms with Gasteiger partial charge in [-0.2, -0.15) is 0 Å². The zero-order valence-electron chi connectivity index (χ0n) is 12.5. The lowest BCUT2D eigenvalue weighted by Gasteiger charge is -2.37. The predicted octanol–water partition coefficient (Wildman–Crippen LogP) is 2.18. The molecule has 112 valence electrons. The van der Waals surface area contributed by atoms with Crippen molar-refractivity contribution in [2.75, 3.05) is 13.1 Å². The molecule has 0 bridgehead atoms. The maximum Gasteiger partial charge on any atom is 0.245 e. The molecule has 2 atom stereocenters. The molecule has 0 spiro atoms. The van der Waals surface area contributed by atoms with Crippen molar-refractivity contribution in [2.24, 2.45) is 5.92 Å². The van der Waals surface area contributed by atoms with Gasteiger partial charge in [-0.25, -0.2) is 0 Å². The highest BCUT2D eigenvalue weighted by Gasteiger charge is 2.41. The minimum absolute atomic E-state index is 0.156. The van der Waals surface area contributed by atoms with Crippen molar-refractivity contribution in [1.82, 2.24) is 9.80 Å². The minimum atomic E-state index is -0.156. The minimum Gasteiger partial charge on any atom is -0.337 e. The van der Waals surface area contributed by atoms with Crippen LogP contribution in [0.15, 0.2) is 0 Å². The summed E-state index contributed by atoms with van der Waals surface area (Å²) >= 11 is 0. The van der Waals surface area contributed by atoms with Crippen molar-refractivity contribution in [3.63, 3.8) is 0 Å². The molecule has 0 aromatic rings. The quantitative estimate of drug-likeness (QED) is 0.777. The number of hydrogen-bond acceptors (Lipinski definition) is 2. The Morgan fingerprint density at radius 2 is 1.75 bits per heavy atom. The van der Waals surface area contributed by atoms with Crippen LogP contribution in [-0.4, -0.2) is 46.8 Å². The molecular weight excluding hydrogens is 252 g/mol. The first-order valence-corrected chi connectivity index (χ1v) is 8.28. The van der Waals surface area contributed by atoms with Crippen molar-refractivity contribution < 1.29 is 9.59 Å². The molecule has 2 aliphatic heterocycles. The van der Waals surface area contributed by atoms with Gasteiger partial charge in [0, 0.05) is 25.6 Å². The fourth-order valence-electron chi connectivity index (χ4n) is 4.26. The third-order valence-electron chi connectivity index (χ3n) is 5.53. The van der Waals surface area contributed by atoms with Gasteiger partial charge in [0.1, 0.15) is 6.04 Å². The molecule has 1 saturated carbocycles. The summed E-state index contributed by atoms with van der Waals surface area (Å²) in [5, 5.41) is 0. The zero-order chi connectivity index (χ0) is 14.1. The lowest BCUT2D eigenvalue weighted by atomic mass is 9.83. The standard InChI is InChI=1S/C16H26N2O2/c1-12(13-6-3-2-4-7-13)17-11-9-15(19)18-10-5-8-14(18)16(17)20/h12-14H,2-11H2,1H3. The number of carbonyl (C=O) groups excluding carboxylic acids is 2. The van der Waals surface area contributed by atoms with Crippen LogP contribution in [0.4, 0.5) is 0 Å². The van der Waals surface area contributed by atoms with Crippen LogP contribution >= 0.6 is 0 Å². The van der Waals surface area contributed by atoms with Crippen molar-refractivity contribution in [2.45, 2.75) is 70.4 Å². The van der Waals surface area contributed by atoms with Gasteiger partial charge in [-0.1, -0.05) is 19.3 Å². The summed E-state index contributed by atoms with van der Waals surface area (Å²) in [6.45, 7) is 3.60. The van der Waals surface area contributed by atoms with Crippen LogP contribution in [0.3, 0.4) is 0 Å². The summed E-state index contributed by atoms with van der Waals surface area (Å²) in [5.74, 6) is 1.03. The zero-order valence-corrected chi connectivity index (χ0v) is 12.5. The van der Waals surface area contributed by atoms with Crippen LogP contribution in [0.1, 0.15) is 58.3 Å². The number of nitrogens with zero attached hydrogens (tertiary/aromatic N) is 2. The molecule has 3 fully saturated rings. The second-order valence-corrected chi connectivity index (χ2v) is 6.67. The Morgan fingerprint density at radius 1 is 1.00 bits per heavy atom. The van der Waals surface area contributed by atoms with E-state index in [1.54, 1.807) is 0 Å². The Labute approximate surface area is 121 Å². The van der Waals surface area contributed by atoms with E-state index in [4.69, 9.17) is 0 Å². The molecule has 3 aliphatic rings. The summed E-state index contributed by atoms with van der Waals surface area (Å²) in [4.78, 5) is 28.8. The second kappa shape index (κ2) is 5.74. The first-order chi connectivity index (χ1) is 9.68. The van der Waals surface area contributed by atoms with Gasteiger partial charge in [0.2, 0.25) is 11.8 Å². The molecule has 20 heavy (non-hydrogen) atoms. The molecule has 2 unspecified atom stereocenters. The Balaban J connectivity index is 1.74. The Hall–Kier alpha value is -1.06. The summed E-state index contributed by atoms with van der Waals surface area (Å²) in [6, 6.07) is 0.146. The van der Waals surface area contributed by atoms with E-state index >= 15 is 0 Å². The topological polar surface area (TPSA) is 40.6 Å². The Kier molecular flexibility index (Phi) is 3.99. The number of rotatable bonds is 2. The summed E-state index contributed by atoms with van der Waals surface area (Å²) in [6.07, 6.45) is 8.77. The van der Waals surface area contributed by atoms with Crippen molar-refractivity contribution in [1.29, 1.82) is 0 Å². The van der Waals surface area contributed by atoms with Gasteiger partial charge in [0.25, 0.3) is 0 Å². The molecule has 1 aliphatic carbocycles. The molecule has 3 rings (SSSR count). The van der Waals surface area contributed by atoms with Gasteiger partial charge in [-0.15, -0.1) is 0 Å². The predicted molar refractivity (Wildman–Crippen MR) is 77.1 cm³/mol. The average molecular weight is 278 g/mol. The maximum atomic E-state index is 12.8. The highest BCUT2D eigenvalue weighted by molar-refractivity contribution is 5.90. The van der Waals surface area contributed by atoms with Gasteiger partial charge < -0.3 is 9.80 Å². The molecule has 0 aromatic carbocycles. The number of fused-ring (bicyclic) bond motifs is 1. The van der Waals surface area contributed by atoms with Crippen molar-refractivity contribution >= 4 is 11.8 Å². The van der Waals surface area contributed by atoms with Crippen LogP contribution in [0, 0.1) is 5.92 Å². The fourth-order valence-corrected chi connectivity index (χ4v) is 4.26. The molecule has 4 heteroatoms. The van der Waals surface area contributed by atoms with Crippen LogP contribution in [0.5, 0.6) is 0 Å². The first-order valence-electron chi connectivity index (χ1n) is 8.28. The van der Waals surface area contributed by atoms with E-state index in [9.17, 15) is 9.59 Å². The van der Waals surface area contributed by atoms with Crippen molar-refractivity contribution in [3.05, 3.63) is 0 Å². The van der Waals surface area contributed by atoms with Crippen LogP contribution in [-0.2, 0) is 9.59 Å². The van der Waals surface area contributed by atoms with E-state index < -0.39 is 0 Å². The van der Waals surface area contributed by atoms with Crippen LogP contribution < -0.4 is 0 Å². The molecule has 2 heterocycles. The fraction of sp³-hybridized carbons (Fsp3) is 0.875. The molecule has 0 aromatic heterocycles.